The SMILES string of the molecule is Cc1cccc(N2CCN(S(=O)(=O)CCNC(=O)CCCl)CC2)c1. The van der Waals surface area contributed by atoms with Crippen LogP contribution in [-0.4, -0.2) is 63.0 Å². The fourth-order valence-corrected chi connectivity index (χ4v) is 4.18. The number of carbonyl (C=O) groups excluding carboxylic acids is 1. The summed E-state index contributed by atoms with van der Waals surface area (Å²) in [7, 11) is -3.35. The van der Waals surface area contributed by atoms with Crippen LogP contribution in [0.4, 0.5) is 5.69 Å². The zero-order valence-electron chi connectivity index (χ0n) is 13.9. The lowest BCUT2D eigenvalue weighted by Crippen LogP contribution is -2.50. The van der Waals surface area contributed by atoms with Gasteiger partial charge in [0.05, 0.1) is 5.75 Å². The van der Waals surface area contributed by atoms with Gasteiger partial charge < -0.3 is 10.2 Å². The van der Waals surface area contributed by atoms with Crippen molar-refractivity contribution in [2.45, 2.75) is 13.3 Å². The Hall–Kier alpha value is -1.31. The Balaban J connectivity index is 1.83. The highest BCUT2D eigenvalue weighted by Gasteiger charge is 2.26. The van der Waals surface area contributed by atoms with Gasteiger partial charge in [0.1, 0.15) is 0 Å². The van der Waals surface area contributed by atoms with Crippen LogP contribution in [0.2, 0.25) is 0 Å². The minimum absolute atomic E-state index is 0.0779. The molecular weight excluding hydrogens is 350 g/mol. The number of rotatable bonds is 7. The lowest BCUT2D eigenvalue weighted by atomic mass is 10.2. The molecule has 1 aliphatic rings. The smallest absolute Gasteiger partial charge is 0.221 e. The van der Waals surface area contributed by atoms with Gasteiger partial charge in [-0.05, 0) is 24.6 Å². The molecule has 1 fully saturated rings. The van der Waals surface area contributed by atoms with Gasteiger partial charge >= 0.3 is 0 Å². The molecule has 24 heavy (non-hydrogen) atoms. The molecule has 0 saturated carbocycles. The van der Waals surface area contributed by atoms with Crippen LogP contribution in [0, 0.1) is 6.92 Å². The largest absolute Gasteiger partial charge is 0.369 e. The predicted octanol–water partition coefficient (Wildman–Crippen LogP) is 1.19. The minimum Gasteiger partial charge on any atom is -0.369 e. The van der Waals surface area contributed by atoms with Crippen molar-refractivity contribution in [3.05, 3.63) is 29.8 Å². The highest BCUT2D eigenvalue weighted by Crippen LogP contribution is 2.18. The Kier molecular flexibility index (Phi) is 6.89. The quantitative estimate of drug-likeness (QED) is 0.729. The summed E-state index contributed by atoms with van der Waals surface area (Å²) in [6.07, 6.45) is 0.205. The summed E-state index contributed by atoms with van der Waals surface area (Å²) >= 11 is 5.47. The normalized spacial score (nSPS) is 16.2. The molecule has 0 aromatic heterocycles. The van der Waals surface area contributed by atoms with Gasteiger partial charge in [0.25, 0.3) is 0 Å². The Morgan fingerprint density at radius 1 is 1.25 bits per heavy atom. The van der Waals surface area contributed by atoms with Crippen LogP contribution in [0.1, 0.15) is 12.0 Å². The van der Waals surface area contributed by atoms with Crippen LogP contribution >= 0.6 is 11.6 Å². The highest BCUT2D eigenvalue weighted by molar-refractivity contribution is 7.89. The minimum atomic E-state index is -3.35. The number of carbonyl (C=O) groups is 1. The molecule has 1 aromatic carbocycles. The van der Waals surface area contributed by atoms with E-state index in [0.717, 1.165) is 5.69 Å². The third-order valence-electron chi connectivity index (χ3n) is 4.00. The Bertz CT molecular complexity index is 658. The van der Waals surface area contributed by atoms with Crippen molar-refractivity contribution < 1.29 is 13.2 Å². The Labute approximate surface area is 148 Å². The summed E-state index contributed by atoms with van der Waals surface area (Å²) in [5.74, 6) is -0.0604. The fourth-order valence-electron chi connectivity index (χ4n) is 2.67. The van der Waals surface area contributed by atoms with Crippen molar-refractivity contribution in [2.24, 2.45) is 0 Å². The van der Waals surface area contributed by atoms with Crippen molar-refractivity contribution in [2.75, 3.05) is 49.3 Å². The summed E-state index contributed by atoms with van der Waals surface area (Å²) < 4.78 is 26.2. The number of nitrogens with one attached hydrogen (secondary N) is 1. The average Bonchev–Trinajstić information content (AvgIpc) is 2.55. The molecule has 1 N–H and O–H groups in total. The van der Waals surface area contributed by atoms with Crippen molar-refractivity contribution in [1.29, 1.82) is 0 Å². The van der Waals surface area contributed by atoms with Crippen molar-refractivity contribution in [3.63, 3.8) is 0 Å². The van der Waals surface area contributed by atoms with Gasteiger partial charge in [-0.1, -0.05) is 12.1 Å². The van der Waals surface area contributed by atoms with Crippen LogP contribution < -0.4 is 10.2 Å². The standard InChI is InChI=1S/C16H24ClN3O3S/c1-14-3-2-4-15(13-14)19-8-10-20(11-9-19)24(22,23)12-7-18-16(21)5-6-17/h2-4,13H,5-12H2,1H3,(H,18,21). The average molecular weight is 374 g/mol. The summed E-state index contributed by atoms with van der Waals surface area (Å²) in [6.45, 7) is 4.43. The number of piperazine rings is 1. The molecule has 0 radical (unpaired) electrons. The molecule has 1 aromatic rings. The molecule has 6 nitrogen and oxygen atoms in total. The van der Waals surface area contributed by atoms with E-state index in [1.165, 1.54) is 9.87 Å². The number of benzene rings is 1. The van der Waals surface area contributed by atoms with Crippen molar-refractivity contribution in [1.82, 2.24) is 9.62 Å². The first-order chi connectivity index (χ1) is 11.4. The second-order valence-corrected chi connectivity index (χ2v) is 8.30. The van der Waals surface area contributed by atoms with Crippen LogP contribution in [0.5, 0.6) is 0 Å². The summed E-state index contributed by atoms with van der Waals surface area (Å²) in [5, 5.41) is 2.58. The third-order valence-corrected chi connectivity index (χ3v) is 6.06. The summed E-state index contributed by atoms with van der Waals surface area (Å²) in [5.41, 5.74) is 2.32. The van der Waals surface area contributed by atoms with E-state index in [-0.39, 0.29) is 30.5 Å². The number of halogens is 1. The van der Waals surface area contributed by atoms with E-state index in [9.17, 15) is 13.2 Å². The zero-order valence-corrected chi connectivity index (χ0v) is 15.4. The molecule has 2 rings (SSSR count). The van der Waals surface area contributed by atoms with Gasteiger partial charge in [-0.15, -0.1) is 11.6 Å². The van der Waals surface area contributed by atoms with E-state index >= 15 is 0 Å². The third kappa shape index (κ3) is 5.36. The predicted molar refractivity (Wildman–Crippen MR) is 97.1 cm³/mol. The first-order valence-corrected chi connectivity index (χ1v) is 10.2. The first-order valence-electron chi connectivity index (χ1n) is 8.04. The number of aryl methyl sites for hydroxylation is 1. The second-order valence-electron chi connectivity index (χ2n) is 5.83. The topological polar surface area (TPSA) is 69.7 Å². The molecular formula is C16H24ClN3O3S. The molecule has 1 aliphatic heterocycles. The molecule has 1 heterocycles. The van der Waals surface area contributed by atoms with Gasteiger partial charge in [0.15, 0.2) is 0 Å². The van der Waals surface area contributed by atoms with Gasteiger partial charge in [-0.25, -0.2) is 8.42 Å². The Morgan fingerprint density at radius 2 is 1.96 bits per heavy atom. The molecule has 0 atom stereocenters. The molecule has 1 saturated heterocycles. The van der Waals surface area contributed by atoms with Gasteiger partial charge in [0.2, 0.25) is 15.9 Å². The lowest BCUT2D eigenvalue weighted by molar-refractivity contribution is -0.120. The molecule has 0 spiro atoms. The van der Waals surface area contributed by atoms with Gasteiger partial charge in [-0.3, -0.25) is 4.79 Å². The van der Waals surface area contributed by atoms with E-state index in [0.29, 0.717) is 26.2 Å². The van der Waals surface area contributed by atoms with Gasteiger partial charge in [0, 0.05) is 50.7 Å². The highest BCUT2D eigenvalue weighted by atomic mass is 35.5. The van der Waals surface area contributed by atoms with Crippen molar-refractivity contribution >= 4 is 33.2 Å². The maximum absolute atomic E-state index is 12.4. The number of hydrogen-bond donors (Lipinski definition) is 1. The lowest BCUT2D eigenvalue weighted by Gasteiger charge is -2.35. The molecule has 0 aliphatic carbocycles. The number of sulfonamides is 1. The van der Waals surface area contributed by atoms with Crippen LogP contribution in [0.3, 0.4) is 0 Å². The fraction of sp³-hybridized carbons (Fsp3) is 0.562. The molecule has 0 unspecified atom stereocenters. The molecule has 134 valence electrons. The van der Waals surface area contributed by atoms with E-state index < -0.39 is 10.0 Å². The number of anilines is 1. The van der Waals surface area contributed by atoms with Crippen molar-refractivity contribution in [3.8, 4) is 0 Å². The number of amides is 1. The maximum atomic E-state index is 12.4. The molecule has 1 amide bonds. The number of hydrogen-bond acceptors (Lipinski definition) is 4. The van der Waals surface area contributed by atoms with Crippen LogP contribution in [0.25, 0.3) is 0 Å². The summed E-state index contributed by atoms with van der Waals surface area (Å²) in [4.78, 5) is 13.5. The monoisotopic (exact) mass is 373 g/mol. The van der Waals surface area contributed by atoms with Gasteiger partial charge in [-0.2, -0.15) is 4.31 Å². The second kappa shape index (κ2) is 8.69. The molecule has 8 heteroatoms. The van der Waals surface area contributed by atoms with E-state index in [2.05, 4.69) is 16.3 Å². The maximum Gasteiger partial charge on any atom is 0.221 e. The number of nitrogens with zero attached hydrogens (tertiary/aromatic N) is 2. The zero-order chi connectivity index (χ0) is 17.6. The van der Waals surface area contributed by atoms with E-state index in [1.54, 1.807) is 0 Å². The van der Waals surface area contributed by atoms with Crippen LogP contribution in [-0.2, 0) is 14.8 Å². The number of alkyl halides is 1. The molecule has 0 bridgehead atoms. The van der Waals surface area contributed by atoms with Crippen LogP contribution in [0.15, 0.2) is 24.3 Å². The first kappa shape index (κ1) is 19.0. The van der Waals surface area contributed by atoms with E-state index in [4.69, 9.17) is 11.6 Å². The summed E-state index contributed by atoms with van der Waals surface area (Å²) in [6, 6.07) is 8.21. The van der Waals surface area contributed by atoms with E-state index in [1.807, 2.05) is 25.1 Å². The Morgan fingerprint density at radius 3 is 2.58 bits per heavy atom.